The number of nitrogens with zero attached hydrogens (tertiary/aromatic N) is 1. The Morgan fingerprint density at radius 1 is 1.41 bits per heavy atom. The molecule has 2 aliphatic rings. The molecule has 1 aromatic rings. The van der Waals surface area contributed by atoms with Crippen molar-refractivity contribution in [2.75, 3.05) is 4.90 Å². The Kier molecular flexibility index (Phi) is 2.01. The molecule has 0 aromatic heterocycles. The Morgan fingerprint density at radius 2 is 2.18 bits per heavy atom. The molecule has 1 fully saturated rings. The van der Waals surface area contributed by atoms with Gasteiger partial charge < -0.3 is 4.74 Å². The minimum atomic E-state index is -0.855. The predicted molar refractivity (Wildman–Crippen MR) is 62.0 cm³/mol. The second-order valence-corrected chi connectivity index (χ2v) is 4.89. The van der Waals surface area contributed by atoms with Crippen LogP contribution < -0.4 is 4.90 Å². The van der Waals surface area contributed by atoms with Crippen LogP contribution in [0.15, 0.2) is 18.2 Å². The molecule has 0 bridgehead atoms. The number of hydrogen-bond acceptors (Lipinski definition) is 3. The Hall–Kier alpha value is -1.55. The monoisotopic (exact) mass is 251 g/mol. The van der Waals surface area contributed by atoms with Crippen molar-refractivity contribution in [2.45, 2.75) is 25.5 Å². The largest absolute Gasteiger partial charge is 0.435 e. The van der Waals surface area contributed by atoms with Crippen molar-refractivity contribution >= 4 is 29.2 Å². The zero-order chi connectivity index (χ0) is 12.2. The number of carbonyl (C=O) groups excluding carboxylic acids is 2. The van der Waals surface area contributed by atoms with Gasteiger partial charge in [0.2, 0.25) is 5.91 Å². The molecule has 1 amide bonds. The van der Waals surface area contributed by atoms with Crippen LogP contribution in [0.4, 0.5) is 5.69 Å². The van der Waals surface area contributed by atoms with Crippen LogP contribution in [0.3, 0.4) is 0 Å². The zero-order valence-corrected chi connectivity index (χ0v) is 9.95. The highest BCUT2D eigenvalue weighted by Crippen LogP contribution is 2.42. The minimum Gasteiger partial charge on any atom is -0.435 e. The molecule has 3 rings (SSSR count). The lowest BCUT2D eigenvalue weighted by molar-refractivity contribution is -0.118. The van der Waals surface area contributed by atoms with Crippen molar-refractivity contribution in [3.8, 4) is 0 Å². The Bertz CT molecular complexity index is 543. The van der Waals surface area contributed by atoms with E-state index >= 15 is 0 Å². The molecule has 88 valence electrons. The summed E-state index contributed by atoms with van der Waals surface area (Å²) in [7, 11) is 0. The topological polar surface area (TPSA) is 46.6 Å². The van der Waals surface area contributed by atoms with Crippen molar-refractivity contribution in [1.82, 2.24) is 0 Å². The van der Waals surface area contributed by atoms with Crippen molar-refractivity contribution in [2.24, 2.45) is 0 Å². The normalized spacial score (nSPS) is 26.6. The van der Waals surface area contributed by atoms with Gasteiger partial charge in [0.05, 0.1) is 11.3 Å². The van der Waals surface area contributed by atoms with Crippen LogP contribution in [0.2, 0.25) is 5.02 Å². The molecule has 2 heterocycles. The Balaban J connectivity index is 2.24. The number of anilines is 1. The average molecular weight is 252 g/mol. The van der Waals surface area contributed by atoms with Gasteiger partial charge in [0, 0.05) is 17.9 Å². The molecule has 1 atom stereocenters. The predicted octanol–water partition coefficient (Wildman–Crippen LogP) is 2.35. The van der Waals surface area contributed by atoms with Gasteiger partial charge in [0.1, 0.15) is 0 Å². The quantitative estimate of drug-likeness (QED) is 0.665. The van der Waals surface area contributed by atoms with E-state index < -0.39 is 11.7 Å². The number of amides is 1. The molecule has 0 radical (unpaired) electrons. The van der Waals surface area contributed by atoms with Gasteiger partial charge in [0.15, 0.2) is 5.72 Å². The summed E-state index contributed by atoms with van der Waals surface area (Å²) in [6.45, 7) is 1.75. The fraction of sp³-hybridized carbons (Fsp3) is 0.333. The molecule has 4 nitrogen and oxygen atoms in total. The van der Waals surface area contributed by atoms with Gasteiger partial charge in [-0.1, -0.05) is 11.6 Å². The maximum absolute atomic E-state index is 11.9. The number of fused-ring (bicyclic) bond motifs is 3. The number of hydrogen-bond donors (Lipinski definition) is 0. The average Bonchev–Trinajstić information content (AvgIpc) is 2.54. The fourth-order valence-electron chi connectivity index (χ4n) is 2.43. The smallest absolute Gasteiger partial charge is 0.342 e. The number of benzene rings is 1. The van der Waals surface area contributed by atoms with Gasteiger partial charge in [-0.25, -0.2) is 4.79 Å². The molecule has 0 saturated carbocycles. The van der Waals surface area contributed by atoms with Gasteiger partial charge in [-0.05, 0) is 25.1 Å². The summed E-state index contributed by atoms with van der Waals surface area (Å²) >= 11 is 5.92. The molecule has 0 spiro atoms. The first-order valence-corrected chi connectivity index (χ1v) is 5.75. The lowest BCUT2D eigenvalue weighted by Gasteiger charge is -2.39. The van der Waals surface area contributed by atoms with E-state index in [9.17, 15) is 9.59 Å². The van der Waals surface area contributed by atoms with E-state index in [0.29, 0.717) is 29.1 Å². The number of carbonyl (C=O) groups is 2. The third-order valence-corrected chi connectivity index (χ3v) is 3.49. The van der Waals surface area contributed by atoms with E-state index in [2.05, 4.69) is 0 Å². The highest BCUT2D eigenvalue weighted by Gasteiger charge is 2.50. The van der Waals surface area contributed by atoms with Crippen LogP contribution >= 0.6 is 11.6 Å². The van der Waals surface area contributed by atoms with Crippen molar-refractivity contribution in [3.05, 3.63) is 28.8 Å². The highest BCUT2D eigenvalue weighted by atomic mass is 35.5. The van der Waals surface area contributed by atoms with Crippen molar-refractivity contribution in [1.29, 1.82) is 0 Å². The molecule has 2 aliphatic heterocycles. The lowest BCUT2D eigenvalue weighted by Crippen LogP contribution is -2.50. The van der Waals surface area contributed by atoms with Crippen LogP contribution in [0.25, 0.3) is 0 Å². The molecule has 17 heavy (non-hydrogen) atoms. The number of rotatable bonds is 0. The van der Waals surface area contributed by atoms with E-state index in [-0.39, 0.29) is 5.91 Å². The summed E-state index contributed by atoms with van der Waals surface area (Å²) in [5.74, 6) is -0.436. The van der Waals surface area contributed by atoms with Crippen LogP contribution in [0.1, 0.15) is 30.1 Å². The molecular formula is C12H10ClNO3. The van der Waals surface area contributed by atoms with Gasteiger partial charge in [0.25, 0.3) is 0 Å². The van der Waals surface area contributed by atoms with E-state index in [1.54, 1.807) is 25.1 Å². The fourth-order valence-corrected chi connectivity index (χ4v) is 2.60. The van der Waals surface area contributed by atoms with Crippen LogP contribution in [0, 0.1) is 0 Å². The molecular weight excluding hydrogens is 242 g/mol. The number of halogens is 1. The zero-order valence-electron chi connectivity index (χ0n) is 9.20. The van der Waals surface area contributed by atoms with E-state index in [1.807, 2.05) is 0 Å². The second kappa shape index (κ2) is 3.23. The molecule has 0 N–H and O–H groups in total. The maximum atomic E-state index is 11.9. The maximum Gasteiger partial charge on any atom is 0.342 e. The summed E-state index contributed by atoms with van der Waals surface area (Å²) in [4.78, 5) is 25.3. The standard InChI is InChI=1S/C12H10ClNO3/c1-12-5-4-10(15)14(12)9-6-7(13)2-3-8(9)11(16)17-12/h2-3,6H,4-5H2,1H3. The molecule has 5 heteroatoms. The van der Waals surface area contributed by atoms with Gasteiger partial charge in [-0.2, -0.15) is 0 Å². The number of ether oxygens (including phenoxy) is 1. The summed E-state index contributed by atoms with van der Waals surface area (Å²) < 4.78 is 5.36. The van der Waals surface area contributed by atoms with E-state index in [0.717, 1.165) is 0 Å². The second-order valence-electron chi connectivity index (χ2n) is 4.46. The van der Waals surface area contributed by atoms with Crippen LogP contribution in [0.5, 0.6) is 0 Å². The highest BCUT2D eigenvalue weighted by molar-refractivity contribution is 6.31. The third kappa shape index (κ3) is 1.37. The van der Waals surface area contributed by atoms with Crippen LogP contribution in [-0.4, -0.2) is 17.6 Å². The van der Waals surface area contributed by atoms with Gasteiger partial charge in [-0.15, -0.1) is 0 Å². The molecule has 1 unspecified atom stereocenters. The number of esters is 1. The first-order valence-electron chi connectivity index (χ1n) is 5.37. The Morgan fingerprint density at radius 3 is 2.94 bits per heavy atom. The molecule has 0 aliphatic carbocycles. The van der Waals surface area contributed by atoms with Gasteiger partial charge in [-0.3, -0.25) is 9.69 Å². The van der Waals surface area contributed by atoms with Gasteiger partial charge >= 0.3 is 5.97 Å². The first kappa shape index (κ1) is 10.6. The van der Waals surface area contributed by atoms with E-state index in [1.165, 1.54) is 4.90 Å². The van der Waals surface area contributed by atoms with Crippen molar-refractivity contribution in [3.63, 3.8) is 0 Å². The first-order chi connectivity index (χ1) is 8.01. The van der Waals surface area contributed by atoms with Crippen molar-refractivity contribution < 1.29 is 14.3 Å². The van der Waals surface area contributed by atoms with Crippen LogP contribution in [-0.2, 0) is 9.53 Å². The molecule has 1 aromatic carbocycles. The molecule has 1 saturated heterocycles. The third-order valence-electron chi connectivity index (χ3n) is 3.26. The van der Waals surface area contributed by atoms with E-state index in [4.69, 9.17) is 16.3 Å². The Labute approximate surface area is 103 Å². The summed E-state index contributed by atoms with van der Waals surface area (Å²) in [6.07, 6.45) is 0.902. The lowest BCUT2D eigenvalue weighted by atomic mass is 10.1. The summed E-state index contributed by atoms with van der Waals surface area (Å²) in [5, 5.41) is 0.500. The summed E-state index contributed by atoms with van der Waals surface area (Å²) in [5.41, 5.74) is 0.0899. The minimum absolute atomic E-state index is 0.0384. The summed E-state index contributed by atoms with van der Waals surface area (Å²) in [6, 6.07) is 4.84. The SMILES string of the molecule is CC12CCC(=O)N1c1cc(Cl)ccc1C(=O)O2.